The summed E-state index contributed by atoms with van der Waals surface area (Å²) in [6.45, 7) is 4.09. The van der Waals surface area contributed by atoms with E-state index in [4.69, 9.17) is 5.73 Å². The van der Waals surface area contributed by atoms with E-state index < -0.39 is 0 Å². The molecule has 7 heteroatoms. The molecule has 7 nitrogen and oxygen atoms in total. The number of aromatic nitrogens is 2. The number of hydrogen-bond acceptors (Lipinski definition) is 7. The molecule has 0 spiro atoms. The van der Waals surface area contributed by atoms with E-state index in [2.05, 4.69) is 55.4 Å². The minimum Gasteiger partial charge on any atom is -0.391 e. The third kappa shape index (κ3) is 5.04. The van der Waals surface area contributed by atoms with Crippen LogP contribution in [0.4, 0.5) is 11.6 Å². The van der Waals surface area contributed by atoms with Gasteiger partial charge in [-0.25, -0.2) is 9.97 Å². The van der Waals surface area contributed by atoms with Crippen LogP contribution >= 0.6 is 0 Å². The number of piperidine rings is 1. The maximum Gasteiger partial charge on any atom is 0.134 e. The van der Waals surface area contributed by atoms with Crippen molar-refractivity contribution in [3.8, 4) is 0 Å². The molecule has 0 bridgehead atoms. The Balaban J connectivity index is 1.39. The van der Waals surface area contributed by atoms with Crippen LogP contribution < -0.4 is 16.0 Å². The fourth-order valence-corrected chi connectivity index (χ4v) is 4.54. The van der Waals surface area contributed by atoms with Gasteiger partial charge in [0.05, 0.1) is 6.10 Å². The van der Waals surface area contributed by atoms with Crippen molar-refractivity contribution in [1.82, 2.24) is 14.9 Å². The van der Waals surface area contributed by atoms with Crippen LogP contribution in [0.15, 0.2) is 42.7 Å². The molecule has 3 atom stereocenters. The first-order chi connectivity index (χ1) is 14.2. The number of nitrogens with zero attached hydrogens (tertiary/aromatic N) is 4. The van der Waals surface area contributed by atoms with Crippen LogP contribution in [0.3, 0.4) is 0 Å². The minimum atomic E-state index is -0.344. The van der Waals surface area contributed by atoms with Gasteiger partial charge in [-0.3, -0.25) is 4.90 Å². The molecule has 0 aliphatic carbocycles. The normalized spacial score (nSPS) is 25.3. The van der Waals surface area contributed by atoms with Crippen LogP contribution in [0.2, 0.25) is 0 Å². The second-order valence-corrected chi connectivity index (χ2v) is 8.18. The van der Waals surface area contributed by atoms with E-state index in [0.29, 0.717) is 25.6 Å². The standard InChI is InChI=1S/C22H32N6O/c23-12-19-10-20(29)15-28(19)22-11-21(25-16-26-22)24-13-18-8-4-5-9-27(18)14-17-6-2-1-3-7-17/h1-3,6-7,11,16,18-20,29H,4-5,8-10,12-15,23H2,(H,24,25,26)/t18-,19+,20+/m0/s1. The molecule has 4 rings (SSSR count). The number of aliphatic hydroxyl groups excluding tert-OH is 1. The Morgan fingerprint density at radius 3 is 2.83 bits per heavy atom. The molecule has 2 aromatic rings. The molecule has 29 heavy (non-hydrogen) atoms. The summed E-state index contributed by atoms with van der Waals surface area (Å²) in [6, 6.07) is 13.3. The molecule has 2 aliphatic rings. The lowest BCUT2D eigenvalue weighted by molar-refractivity contribution is 0.148. The topological polar surface area (TPSA) is 90.5 Å². The van der Waals surface area contributed by atoms with Gasteiger partial charge < -0.3 is 21.1 Å². The number of rotatable bonds is 7. The van der Waals surface area contributed by atoms with E-state index in [9.17, 15) is 5.11 Å². The number of nitrogens with two attached hydrogens (primary N) is 1. The van der Waals surface area contributed by atoms with Crippen molar-refractivity contribution in [3.05, 3.63) is 48.3 Å². The summed E-state index contributed by atoms with van der Waals surface area (Å²) in [5.74, 6) is 1.66. The Kier molecular flexibility index (Phi) is 6.59. The summed E-state index contributed by atoms with van der Waals surface area (Å²) < 4.78 is 0. The number of benzene rings is 1. The van der Waals surface area contributed by atoms with Crippen LogP contribution in [0.25, 0.3) is 0 Å². The molecule has 3 heterocycles. The summed E-state index contributed by atoms with van der Waals surface area (Å²) in [7, 11) is 0. The molecular formula is C22H32N6O. The number of aliphatic hydroxyl groups is 1. The van der Waals surface area contributed by atoms with E-state index in [0.717, 1.165) is 31.3 Å². The van der Waals surface area contributed by atoms with Crippen molar-refractivity contribution >= 4 is 11.6 Å². The summed E-state index contributed by atoms with van der Waals surface area (Å²) in [6.07, 6.45) is 5.68. The molecule has 2 aliphatic heterocycles. The van der Waals surface area contributed by atoms with Crippen molar-refractivity contribution in [1.29, 1.82) is 0 Å². The summed E-state index contributed by atoms with van der Waals surface area (Å²) >= 11 is 0. The van der Waals surface area contributed by atoms with E-state index >= 15 is 0 Å². The predicted octanol–water partition coefficient (Wildman–Crippen LogP) is 1.84. The maximum absolute atomic E-state index is 9.99. The molecule has 0 unspecified atom stereocenters. The third-order valence-electron chi connectivity index (χ3n) is 6.11. The van der Waals surface area contributed by atoms with Crippen molar-refractivity contribution in [2.24, 2.45) is 5.73 Å². The van der Waals surface area contributed by atoms with Crippen LogP contribution in [-0.2, 0) is 6.54 Å². The number of nitrogens with one attached hydrogen (secondary N) is 1. The first-order valence-corrected chi connectivity index (χ1v) is 10.7. The quantitative estimate of drug-likeness (QED) is 0.658. The van der Waals surface area contributed by atoms with Gasteiger partial charge in [0.2, 0.25) is 0 Å². The molecular weight excluding hydrogens is 364 g/mol. The van der Waals surface area contributed by atoms with Crippen molar-refractivity contribution in [2.45, 2.75) is 50.4 Å². The second kappa shape index (κ2) is 9.52. The van der Waals surface area contributed by atoms with Gasteiger partial charge in [-0.05, 0) is 31.4 Å². The van der Waals surface area contributed by atoms with E-state index in [-0.39, 0.29) is 12.1 Å². The van der Waals surface area contributed by atoms with Gasteiger partial charge in [-0.15, -0.1) is 0 Å². The predicted molar refractivity (Wildman–Crippen MR) is 116 cm³/mol. The number of hydrogen-bond donors (Lipinski definition) is 3. The van der Waals surface area contributed by atoms with Crippen molar-refractivity contribution in [2.75, 3.05) is 36.4 Å². The highest BCUT2D eigenvalue weighted by Gasteiger charge is 2.31. The first kappa shape index (κ1) is 20.1. The number of β-amino-alcohol motifs (C(OH)–C–C–N with tert-alkyl or cyclic N) is 1. The highest BCUT2D eigenvalue weighted by molar-refractivity contribution is 5.50. The minimum absolute atomic E-state index is 0.132. The van der Waals surface area contributed by atoms with Crippen LogP contribution in [-0.4, -0.2) is 64.3 Å². The van der Waals surface area contributed by atoms with Crippen LogP contribution in [0.5, 0.6) is 0 Å². The SMILES string of the molecule is NC[C@H]1C[C@@H](O)CN1c1cc(NC[C@@H]2CCCCN2Cc2ccccc2)ncn1. The van der Waals surface area contributed by atoms with E-state index in [1.165, 1.54) is 24.8 Å². The summed E-state index contributed by atoms with van der Waals surface area (Å²) in [4.78, 5) is 13.5. The average Bonchev–Trinajstić information content (AvgIpc) is 3.15. The van der Waals surface area contributed by atoms with Gasteiger partial charge in [0, 0.05) is 44.3 Å². The molecule has 2 fully saturated rings. The molecule has 0 radical (unpaired) electrons. The molecule has 0 saturated carbocycles. The molecule has 0 amide bonds. The Hall–Kier alpha value is -2.22. The van der Waals surface area contributed by atoms with Gasteiger partial charge in [-0.2, -0.15) is 0 Å². The molecule has 4 N–H and O–H groups in total. The molecule has 1 aromatic heterocycles. The van der Waals surface area contributed by atoms with E-state index in [1.807, 2.05) is 6.07 Å². The zero-order chi connectivity index (χ0) is 20.1. The van der Waals surface area contributed by atoms with Crippen LogP contribution in [0, 0.1) is 0 Å². The van der Waals surface area contributed by atoms with Gasteiger partial charge in [0.1, 0.15) is 18.0 Å². The highest BCUT2D eigenvalue weighted by atomic mass is 16.3. The van der Waals surface area contributed by atoms with Crippen molar-refractivity contribution in [3.63, 3.8) is 0 Å². The lowest BCUT2D eigenvalue weighted by Gasteiger charge is -2.36. The Morgan fingerprint density at radius 1 is 1.14 bits per heavy atom. The highest BCUT2D eigenvalue weighted by Crippen LogP contribution is 2.25. The Morgan fingerprint density at radius 2 is 2.00 bits per heavy atom. The summed E-state index contributed by atoms with van der Waals surface area (Å²) in [5.41, 5.74) is 7.24. The smallest absolute Gasteiger partial charge is 0.134 e. The number of likely N-dealkylation sites (tertiary alicyclic amines) is 1. The zero-order valence-electron chi connectivity index (χ0n) is 17.0. The average molecular weight is 397 g/mol. The summed E-state index contributed by atoms with van der Waals surface area (Å²) in [5, 5.41) is 13.5. The fraction of sp³-hybridized carbons (Fsp3) is 0.545. The first-order valence-electron chi connectivity index (χ1n) is 10.7. The van der Waals surface area contributed by atoms with E-state index in [1.54, 1.807) is 6.33 Å². The largest absolute Gasteiger partial charge is 0.391 e. The zero-order valence-corrected chi connectivity index (χ0v) is 17.0. The maximum atomic E-state index is 9.99. The lowest BCUT2D eigenvalue weighted by Crippen LogP contribution is -2.43. The molecule has 2 saturated heterocycles. The van der Waals surface area contributed by atoms with Gasteiger partial charge in [0.25, 0.3) is 0 Å². The van der Waals surface area contributed by atoms with Gasteiger partial charge in [-0.1, -0.05) is 36.8 Å². The Labute approximate surface area is 172 Å². The fourth-order valence-electron chi connectivity index (χ4n) is 4.54. The third-order valence-corrected chi connectivity index (χ3v) is 6.11. The van der Waals surface area contributed by atoms with Gasteiger partial charge >= 0.3 is 0 Å². The number of anilines is 2. The lowest BCUT2D eigenvalue weighted by atomic mass is 10.0. The monoisotopic (exact) mass is 396 g/mol. The van der Waals surface area contributed by atoms with Crippen LogP contribution in [0.1, 0.15) is 31.2 Å². The van der Waals surface area contributed by atoms with Crippen molar-refractivity contribution < 1.29 is 5.11 Å². The molecule has 156 valence electrons. The van der Waals surface area contributed by atoms with Gasteiger partial charge in [0.15, 0.2) is 0 Å². The molecule has 1 aromatic carbocycles. The Bertz CT molecular complexity index is 773. The second-order valence-electron chi connectivity index (χ2n) is 8.18.